The number of benzene rings is 1. The Balaban J connectivity index is 1.47. The molecule has 1 unspecified atom stereocenters. The number of halogens is 1. The first-order valence-corrected chi connectivity index (χ1v) is 8.91. The van der Waals surface area contributed by atoms with E-state index in [0.717, 1.165) is 50.9 Å². The van der Waals surface area contributed by atoms with E-state index in [2.05, 4.69) is 31.2 Å². The van der Waals surface area contributed by atoms with Gasteiger partial charge in [-0.25, -0.2) is 4.39 Å². The van der Waals surface area contributed by atoms with Crippen molar-refractivity contribution in [2.75, 3.05) is 13.2 Å². The lowest BCUT2D eigenvalue weighted by Crippen LogP contribution is -2.26. The zero-order valence-electron chi connectivity index (χ0n) is 14.0. The van der Waals surface area contributed by atoms with E-state index in [4.69, 9.17) is 9.47 Å². The van der Waals surface area contributed by atoms with Gasteiger partial charge in [-0.1, -0.05) is 37.3 Å². The number of hydrogen-bond acceptors (Lipinski definition) is 2. The molecular weight excluding hydrogens is 291 g/mol. The van der Waals surface area contributed by atoms with Crippen LogP contribution in [-0.4, -0.2) is 13.2 Å². The van der Waals surface area contributed by atoms with E-state index in [1.54, 1.807) is 6.08 Å². The number of ether oxygens (including phenoxy) is 2. The standard InChI is InChI=1S/C20H27FO2/c1-2-15-13-22-20(23-14-15)18-9-5-16(6-10-18)3-4-17-7-11-19(21)12-8-17/h5-6,9-11,15,17,20H,2-4,7-8,12-14H2,1H3. The summed E-state index contributed by atoms with van der Waals surface area (Å²) in [5, 5.41) is 0. The molecule has 1 atom stereocenters. The number of allylic oxidation sites excluding steroid dienone is 2. The molecule has 1 aliphatic carbocycles. The van der Waals surface area contributed by atoms with E-state index < -0.39 is 0 Å². The normalized spacial score (nSPS) is 28.4. The van der Waals surface area contributed by atoms with E-state index in [0.29, 0.717) is 18.3 Å². The van der Waals surface area contributed by atoms with Crippen molar-refractivity contribution >= 4 is 0 Å². The lowest BCUT2D eigenvalue weighted by Gasteiger charge is -2.29. The molecule has 126 valence electrons. The van der Waals surface area contributed by atoms with Crippen LogP contribution >= 0.6 is 0 Å². The molecule has 1 aliphatic heterocycles. The van der Waals surface area contributed by atoms with Gasteiger partial charge in [-0.2, -0.15) is 0 Å². The second-order valence-corrected chi connectivity index (χ2v) is 6.84. The first-order chi connectivity index (χ1) is 11.2. The second kappa shape index (κ2) is 8.07. The molecule has 1 saturated heterocycles. The quantitative estimate of drug-likeness (QED) is 0.729. The largest absolute Gasteiger partial charge is 0.348 e. The third-order valence-electron chi connectivity index (χ3n) is 5.10. The van der Waals surface area contributed by atoms with Gasteiger partial charge in [-0.15, -0.1) is 0 Å². The van der Waals surface area contributed by atoms with Crippen molar-refractivity contribution in [3.63, 3.8) is 0 Å². The van der Waals surface area contributed by atoms with Crippen LogP contribution in [0.25, 0.3) is 0 Å². The Morgan fingerprint density at radius 1 is 1.09 bits per heavy atom. The van der Waals surface area contributed by atoms with Gasteiger partial charge in [0, 0.05) is 11.5 Å². The minimum atomic E-state index is -0.210. The van der Waals surface area contributed by atoms with Crippen molar-refractivity contribution in [1.82, 2.24) is 0 Å². The van der Waals surface area contributed by atoms with Crippen molar-refractivity contribution < 1.29 is 13.9 Å². The molecule has 0 radical (unpaired) electrons. The molecule has 2 nitrogen and oxygen atoms in total. The van der Waals surface area contributed by atoms with Gasteiger partial charge in [-0.3, -0.25) is 0 Å². The zero-order valence-corrected chi connectivity index (χ0v) is 14.0. The molecule has 3 rings (SSSR count). The molecule has 0 N–H and O–H groups in total. The molecular formula is C20H27FO2. The van der Waals surface area contributed by atoms with Gasteiger partial charge in [-0.05, 0) is 50.0 Å². The fourth-order valence-corrected chi connectivity index (χ4v) is 3.30. The molecule has 2 aliphatic rings. The highest BCUT2D eigenvalue weighted by Crippen LogP contribution is 2.29. The maximum absolute atomic E-state index is 13.0. The van der Waals surface area contributed by atoms with E-state index in [1.807, 2.05) is 0 Å². The van der Waals surface area contributed by atoms with Crippen LogP contribution < -0.4 is 0 Å². The van der Waals surface area contributed by atoms with Gasteiger partial charge in [0.2, 0.25) is 0 Å². The van der Waals surface area contributed by atoms with Crippen LogP contribution in [0.3, 0.4) is 0 Å². The summed E-state index contributed by atoms with van der Waals surface area (Å²) >= 11 is 0. The third-order valence-corrected chi connectivity index (χ3v) is 5.10. The topological polar surface area (TPSA) is 18.5 Å². The fraction of sp³-hybridized carbons (Fsp3) is 0.600. The smallest absolute Gasteiger partial charge is 0.183 e. The summed E-state index contributed by atoms with van der Waals surface area (Å²) in [6.45, 7) is 3.74. The average Bonchev–Trinajstić information content (AvgIpc) is 2.62. The van der Waals surface area contributed by atoms with Crippen molar-refractivity contribution in [2.24, 2.45) is 11.8 Å². The van der Waals surface area contributed by atoms with Crippen LogP contribution in [0.2, 0.25) is 0 Å². The molecule has 1 fully saturated rings. The second-order valence-electron chi connectivity index (χ2n) is 6.84. The number of hydrogen-bond donors (Lipinski definition) is 0. The van der Waals surface area contributed by atoms with Gasteiger partial charge in [0.1, 0.15) is 0 Å². The van der Waals surface area contributed by atoms with E-state index in [-0.39, 0.29) is 12.1 Å². The Kier molecular flexibility index (Phi) is 5.85. The Bertz CT molecular complexity index is 515. The van der Waals surface area contributed by atoms with Crippen LogP contribution in [0.1, 0.15) is 56.4 Å². The molecule has 0 aromatic heterocycles. The predicted molar refractivity (Wildman–Crippen MR) is 89.7 cm³/mol. The Labute approximate surface area is 138 Å². The van der Waals surface area contributed by atoms with Crippen LogP contribution in [0.15, 0.2) is 36.2 Å². The van der Waals surface area contributed by atoms with Crippen molar-refractivity contribution in [3.05, 3.63) is 47.3 Å². The molecule has 0 saturated carbocycles. The maximum Gasteiger partial charge on any atom is 0.183 e. The van der Waals surface area contributed by atoms with Crippen LogP contribution in [0, 0.1) is 11.8 Å². The van der Waals surface area contributed by atoms with Gasteiger partial charge in [0.15, 0.2) is 6.29 Å². The minimum Gasteiger partial charge on any atom is -0.348 e. The number of aryl methyl sites for hydroxylation is 1. The summed E-state index contributed by atoms with van der Waals surface area (Å²) < 4.78 is 24.6. The van der Waals surface area contributed by atoms with Crippen molar-refractivity contribution in [1.29, 1.82) is 0 Å². The maximum atomic E-state index is 13.0. The summed E-state index contributed by atoms with van der Waals surface area (Å²) in [6.07, 6.45) is 7.36. The summed E-state index contributed by atoms with van der Waals surface area (Å²) in [5.41, 5.74) is 2.44. The summed E-state index contributed by atoms with van der Waals surface area (Å²) in [6, 6.07) is 8.58. The highest BCUT2D eigenvalue weighted by molar-refractivity contribution is 5.23. The van der Waals surface area contributed by atoms with Crippen LogP contribution in [-0.2, 0) is 15.9 Å². The molecule has 1 heterocycles. The molecule has 0 bridgehead atoms. The van der Waals surface area contributed by atoms with Crippen molar-refractivity contribution in [2.45, 2.75) is 51.7 Å². The lowest BCUT2D eigenvalue weighted by molar-refractivity contribution is -0.205. The van der Waals surface area contributed by atoms with E-state index in [1.165, 1.54) is 5.56 Å². The lowest BCUT2D eigenvalue weighted by atomic mass is 9.88. The van der Waals surface area contributed by atoms with Crippen molar-refractivity contribution in [3.8, 4) is 0 Å². The Morgan fingerprint density at radius 3 is 2.43 bits per heavy atom. The monoisotopic (exact) mass is 318 g/mol. The predicted octanol–water partition coefficient (Wildman–Crippen LogP) is 5.34. The SMILES string of the molecule is CCC1COC(c2ccc(CCC3CC=C(F)CC3)cc2)OC1. The summed E-state index contributed by atoms with van der Waals surface area (Å²) in [5.74, 6) is 1.23. The molecule has 0 spiro atoms. The molecule has 23 heavy (non-hydrogen) atoms. The van der Waals surface area contributed by atoms with Gasteiger partial charge < -0.3 is 9.47 Å². The summed E-state index contributed by atoms with van der Waals surface area (Å²) in [4.78, 5) is 0. The minimum absolute atomic E-state index is 0.0726. The van der Waals surface area contributed by atoms with Crippen LogP contribution in [0.4, 0.5) is 4.39 Å². The van der Waals surface area contributed by atoms with E-state index >= 15 is 0 Å². The first-order valence-electron chi connectivity index (χ1n) is 8.91. The third kappa shape index (κ3) is 4.65. The fourth-order valence-electron chi connectivity index (χ4n) is 3.30. The molecule has 1 aromatic carbocycles. The average molecular weight is 318 g/mol. The van der Waals surface area contributed by atoms with Gasteiger partial charge in [0.05, 0.1) is 19.0 Å². The molecule has 0 amide bonds. The number of rotatable bonds is 5. The highest BCUT2D eigenvalue weighted by Gasteiger charge is 2.22. The van der Waals surface area contributed by atoms with Crippen LogP contribution in [0.5, 0.6) is 0 Å². The summed E-state index contributed by atoms with van der Waals surface area (Å²) in [7, 11) is 0. The zero-order chi connectivity index (χ0) is 16.1. The highest BCUT2D eigenvalue weighted by atomic mass is 19.1. The Hall–Kier alpha value is -1.19. The van der Waals surface area contributed by atoms with Gasteiger partial charge in [0.25, 0.3) is 0 Å². The first kappa shape index (κ1) is 16.7. The van der Waals surface area contributed by atoms with E-state index in [9.17, 15) is 4.39 Å². The molecule has 1 aromatic rings. The molecule has 3 heteroatoms. The van der Waals surface area contributed by atoms with Gasteiger partial charge >= 0.3 is 0 Å². The Morgan fingerprint density at radius 2 is 1.83 bits per heavy atom.